The van der Waals surface area contributed by atoms with Crippen LogP contribution in [0.3, 0.4) is 0 Å². The highest BCUT2D eigenvalue weighted by molar-refractivity contribution is 9.10. The highest BCUT2D eigenvalue weighted by atomic mass is 79.9. The Morgan fingerprint density at radius 2 is 1.62 bits per heavy atom. The van der Waals surface area contributed by atoms with E-state index in [9.17, 15) is 9.59 Å². The Kier molecular flexibility index (Phi) is 7.31. The molecule has 148 valence electrons. The van der Waals surface area contributed by atoms with E-state index >= 15 is 0 Å². The van der Waals surface area contributed by atoms with Crippen LogP contribution in [0.25, 0.3) is 0 Å². The minimum atomic E-state index is -0.791. The zero-order chi connectivity index (χ0) is 20.8. The average Bonchev–Trinajstić information content (AvgIpc) is 2.70. The van der Waals surface area contributed by atoms with Crippen molar-refractivity contribution < 1.29 is 9.59 Å². The molecule has 4 nitrogen and oxygen atoms in total. The quantitative estimate of drug-likeness (QED) is 0.462. The van der Waals surface area contributed by atoms with E-state index in [0.717, 1.165) is 10.0 Å². The Morgan fingerprint density at radius 1 is 0.931 bits per heavy atom. The summed E-state index contributed by atoms with van der Waals surface area (Å²) >= 11 is 15.4. The largest absolute Gasteiger partial charge is 0.340 e. The molecule has 7 heteroatoms. The van der Waals surface area contributed by atoms with E-state index in [4.69, 9.17) is 23.2 Å². The van der Waals surface area contributed by atoms with Crippen LogP contribution in [0.1, 0.15) is 15.9 Å². The first-order valence-corrected chi connectivity index (χ1v) is 10.3. The Morgan fingerprint density at radius 3 is 2.28 bits per heavy atom. The second kappa shape index (κ2) is 9.92. The number of hydrogen-bond acceptors (Lipinski definition) is 2. The maximum atomic E-state index is 13.0. The number of rotatable bonds is 6. The molecule has 0 saturated carbocycles. The van der Waals surface area contributed by atoms with Gasteiger partial charge in [0, 0.05) is 21.5 Å². The highest BCUT2D eigenvalue weighted by Gasteiger charge is 2.23. The second-order valence-corrected chi connectivity index (χ2v) is 8.10. The van der Waals surface area contributed by atoms with Gasteiger partial charge in [-0.3, -0.25) is 9.59 Å². The SMILES string of the molecule is O=C(NC(Cc1ccccc1)C(=O)Nc1ccc(Cl)cc1Cl)c1ccc(Br)cc1. The highest BCUT2D eigenvalue weighted by Crippen LogP contribution is 2.25. The van der Waals surface area contributed by atoms with Gasteiger partial charge in [-0.25, -0.2) is 0 Å². The summed E-state index contributed by atoms with van der Waals surface area (Å²) in [5.41, 5.74) is 1.81. The molecule has 2 amide bonds. The van der Waals surface area contributed by atoms with Crippen LogP contribution < -0.4 is 10.6 Å². The number of halogens is 3. The molecule has 2 N–H and O–H groups in total. The van der Waals surface area contributed by atoms with Gasteiger partial charge in [0.05, 0.1) is 10.7 Å². The van der Waals surface area contributed by atoms with Crippen molar-refractivity contribution in [3.05, 3.63) is 98.4 Å². The molecular weight excluding hydrogens is 475 g/mol. The molecule has 3 rings (SSSR count). The van der Waals surface area contributed by atoms with Crippen LogP contribution >= 0.6 is 39.1 Å². The van der Waals surface area contributed by atoms with E-state index in [-0.39, 0.29) is 11.8 Å². The van der Waals surface area contributed by atoms with Crippen molar-refractivity contribution >= 4 is 56.6 Å². The predicted molar refractivity (Wildman–Crippen MR) is 121 cm³/mol. The van der Waals surface area contributed by atoms with Gasteiger partial charge in [-0.1, -0.05) is 69.5 Å². The van der Waals surface area contributed by atoms with Gasteiger partial charge in [0.25, 0.3) is 5.91 Å². The van der Waals surface area contributed by atoms with Crippen LogP contribution in [0.5, 0.6) is 0 Å². The first-order valence-electron chi connectivity index (χ1n) is 8.78. The number of nitrogens with one attached hydrogen (secondary N) is 2. The number of amides is 2. The minimum Gasteiger partial charge on any atom is -0.340 e. The fourth-order valence-corrected chi connectivity index (χ4v) is 3.43. The van der Waals surface area contributed by atoms with Crippen LogP contribution in [0.15, 0.2) is 77.3 Å². The lowest BCUT2D eigenvalue weighted by molar-refractivity contribution is -0.118. The Hall–Kier alpha value is -2.34. The Bertz CT molecular complexity index is 1010. The van der Waals surface area contributed by atoms with Gasteiger partial charge in [-0.05, 0) is 48.0 Å². The maximum absolute atomic E-state index is 13.0. The molecule has 0 aliphatic heterocycles. The number of anilines is 1. The molecule has 3 aromatic carbocycles. The molecule has 3 aromatic rings. The molecule has 29 heavy (non-hydrogen) atoms. The summed E-state index contributed by atoms with van der Waals surface area (Å²) in [4.78, 5) is 25.6. The van der Waals surface area contributed by atoms with Crippen molar-refractivity contribution in [1.82, 2.24) is 5.32 Å². The van der Waals surface area contributed by atoms with Crippen molar-refractivity contribution in [2.24, 2.45) is 0 Å². The molecule has 0 heterocycles. The van der Waals surface area contributed by atoms with Crippen LogP contribution in [-0.4, -0.2) is 17.9 Å². The topological polar surface area (TPSA) is 58.2 Å². The summed E-state index contributed by atoms with van der Waals surface area (Å²) in [6.07, 6.45) is 0.333. The van der Waals surface area contributed by atoms with Gasteiger partial charge in [0.15, 0.2) is 0 Å². The monoisotopic (exact) mass is 490 g/mol. The third kappa shape index (κ3) is 6.07. The second-order valence-electron chi connectivity index (χ2n) is 6.34. The summed E-state index contributed by atoms with van der Waals surface area (Å²) in [6, 6.07) is 20.4. The van der Waals surface area contributed by atoms with Crippen LogP contribution in [0.4, 0.5) is 5.69 Å². The van der Waals surface area contributed by atoms with E-state index in [0.29, 0.717) is 27.7 Å². The smallest absolute Gasteiger partial charge is 0.251 e. The first kappa shape index (κ1) is 21.4. The number of carbonyl (C=O) groups is 2. The van der Waals surface area contributed by atoms with Gasteiger partial charge >= 0.3 is 0 Å². The van der Waals surface area contributed by atoms with Crippen molar-refractivity contribution in [2.45, 2.75) is 12.5 Å². The summed E-state index contributed by atoms with van der Waals surface area (Å²) in [5.74, 6) is -0.709. The molecule has 0 aromatic heterocycles. The molecule has 0 saturated heterocycles. The molecule has 0 aliphatic rings. The van der Waals surface area contributed by atoms with Gasteiger partial charge in [-0.2, -0.15) is 0 Å². The van der Waals surface area contributed by atoms with Crippen LogP contribution in [-0.2, 0) is 11.2 Å². The Balaban J connectivity index is 1.80. The van der Waals surface area contributed by atoms with Crippen molar-refractivity contribution in [3.8, 4) is 0 Å². The normalized spacial score (nSPS) is 11.6. The summed E-state index contributed by atoms with van der Waals surface area (Å²) in [6.45, 7) is 0. The fourth-order valence-electron chi connectivity index (χ4n) is 2.71. The van der Waals surface area contributed by atoms with Crippen molar-refractivity contribution in [1.29, 1.82) is 0 Å². The lowest BCUT2D eigenvalue weighted by atomic mass is 10.0. The van der Waals surface area contributed by atoms with E-state index in [1.807, 2.05) is 30.3 Å². The number of benzene rings is 3. The zero-order valence-electron chi connectivity index (χ0n) is 15.2. The molecular formula is C22H17BrCl2N2O2. The van der Waals surface area contributed by atoms with Crippen LogP contribution in [0, 0.1) is 0 Å². The molecule has 0 radical (unpaired) electrons. The third-order valence-corrected chi connectivity index (χ3v) is 5.28. The zero-order valence-corrected chi connectivity index (χ0v) is 18.3. The summed E-state index contributed by atoms with van der Waals surface area (Å²) in [7, 11) is 0. The van der Waals surface area contributed by atoms with E-state index in [2.05, 4.69) is 26.6 Å². The van der Waals surface area contributed by atoms with Crippen molar-refractivity contribution in [3.63, 3.8) is 0 Å². The standard InChI is InChI=1S/C22H17BrCl2N2O2/c23-16-8-6-15(7-9-16)21(28)27-20(12-14-4-2-1-3-5-14)22(29)26-19-11-10-17(24)13-18(19)25/h1-11,13,20H,12H2,(H,26,29)(H,27,28). The summed E-state index contributed by atoms with van der Waals surface area (Å²) in [5, 5.41) is 6.38. The lowest BCUT2D eigenvalue weighted by Crippen LogP contribution is -2.45. The van der Waals surface area contributed by atoms with Gasteiger partial charge < -0.3 is 10.6 Å². The van der Waals surface area contributed by atoms with Crippen LogP contribution in [0.2, 0.25) is 10.0 Å². The first-order chi connectivity index (χ1) is 13.9. The molecule has 0 fully saturated rings. The van der Waals surface area contributed by atoms with E-state index in [1.165, 1.54) is 0 Å². The number of hydrogen-bond donors (Lipinski definition) is 2. The van der Waals surface area contributed by atoms with E-state index in [1.54, 1.807) is 42.5 Å². The molecule has 0 aliphatic carbocycles. The Labute approximate surface area is 187 Å². The predicted octanol–water partition coefficient (Wildman–Crippen LogP) is 5.74. The number of carbonyl (C=O) groups excluding carboxylic acids is 2. The molecule has 1 atom stereocenters. The van der Waals surface area contributed by atoms with Gasteiger partial charge in [0.1, 0.15) is 6.04 Å². The minimum absolute atomic E-state index is 0.323. The lowest BCUT2D eigenvalue weighted by Gasteiger charge is -2.19. The van der Waals surface area contributed by atoms with Gasteiger partial charge in [0.2, 0.25) is 5.91 Å². The van der Waals surface area contributed by atoms with Gasteiger partial charge in [-0.15, -0.1) is 0 Å². The third-order valence-electron chi connectivity index (χ3n) is 4.20. The summed E-state index contributed by atoms with van der Waals surface area (Å²) < 4.78 is 0.866. The van der Waals surface area contributed by atoms with Crippen molar-refractivity contribution in [2.75, 3.05) is 5.32 Å². The fraction of sp³-hybridized carbons (Fsp3) is 0.0909. The molecule has 1 unspecified atom stereocenters. The molecule has 0 spiro atoms. The molecule has 0 bridgehead atoms. The maximum Gasteiger partial charge on any atom is 0.251 e. The average molecular weight is 492 g/mol. The van der Waals surface area contributed by atoms with E-state index < -0.39 is 6.04 Å².